The van der Waals surface area contributed by atoms with E-state index >= 15 is 0 Å². The molecule has 0 fully saturated rings. The molecule has 0 aliphatic heterocycles. The monoisotopic (exact) mass is 213 g/mol. The van der Waals surface area contributed by atoms with Gasteiger partial charge in [0.25, 0.3) is 0 Å². The van der Waals surface area contributed by atoms with Crippen molar-refractivity contribution in [3.63, 3.8) is 0 Å². The van der Waals surface area contributed by atoms with Gasteiger partial charge in [-0.3, -0.25) is 4.98 Å². The van der Waals surface area contributed by atoms with Gasteiger partial charge in [0.15, 0.2) is 0 Å². The zero-order valence-corrected chi connectivity index (χ0v) is 6.90. The third-order valence-corrected chi connectivity index (χ3v) is 1.63. The molecule has 13 heavy (non-hydrogen) atoms. The van der Waals surface area contributed by atoms with Crippen LogP contribution in [0.25, 0.3) is 0 Å². The zero-order chi connectivity index (χ0) is 10.1. The average molecular weight is 214 g/mol. The van der Waals surface area contributed by atoms with Crippen molar-refractivity contribution in [1.29, 1.82) is 0 Å². The molecule has 0 bridgehead atoms. The lowest BCUT2D eigenvalue weighted by Crippen LogP contribution is -2.17. The number of rotatable bonds is 1. The first kappa shape index (κ1) is 10.2. The second-order valence-corrected chi connectivity index (χ2v) is 2.68. The molecule has 1 atom stereocenters. The van der Waals surface area contributed by atoms with Gasteiger partial charge in [0, 0.05) is 6.20 Å². The van der Waals surface area contributed by atoms with Crippen molar-refractivity contribution in [2.24, 2.45) is 0 Å². The first-order chi connectivity index (χ1) is 5.93. The molecule has 0 radical (unpaired) electrons. The molecular formula is C7H4ClF4N. The van der Waals surface area contributed by atoms with Crippen molar-refractivity contribution < 1.29 is 17.6 Å². The molecule has 72 valence electrons. The minimum atomic E-state index is -4.96. The summed E-state index contributed by atoms with van der Waals surface area (Å²) in [7, 11) is 0. The molecule has 0 aliphatic carbocycles. The van der Waals surface area contributed by atoms with Gasteiger partial charge in [0.05, 0.1) is 5.02 Å². The van der Waals surface area contributed by atoms with Crippen LogP contribution < -0.4 is 0 Å². The summed E-state index contributed by atoms with van der Waals surface area (Å²) in [6.45, 7) is 0. The molecular weight excluding hydrogens is 210 g/mol. The van der Waals surface area contributed by atoms with E-state index < -0.39 is 18.0 Å². The summed E-state index contributed by atoms with van der Waals surface area (Å²) < 4.78 is 48.2. The Balaban J connectivity index is 3.02. The van der Waals surface area contributed by atoms with Gasteiger partial charge in [-0.25, -0.2) is 4.39 Å². The van der Waals surface area contributed by atoms with E-state index in [-0.39, 0.29) is 5.02 Å². The van der Waals surface area contributed by atoms with Gasteiger partial charge in [-0.05, 0) is 12.1 Å². The molecule has 1 aromatic heterocycles. The van der Waals surface area contributed by atoms with Crippen LogP contribution in [0, 0.1) is 0 Å². The van der Waals surface area contributed by atoms with Crippen LogP contribution in [0.1, 0.15) is 11.9 Å². The maximum atomic E-state index is 12.6. The standard InChI is InChI=1S/C7H4ClF4N/c8-4-2-1-3-13-5(4)6(9)7(10,11)12/h1-3,6H. The maximum absolute atomic E-state index is 12.6. The molecule has 0 N–H and O–H groups in total. The highest BCUT2D eigenvalue weighted by Gasteiger charge is 2.43. The van der Waals surface area contributed by atoms with Crippen LogP contribution in [0.4, 0.5) is 17.6 Å². The van der Waals surface area contributed by atoms with Crippen molar-refractivity contribution in [1.82, 2.24) is 4.98 Å². The van der Waals surface area contributed by atoms with E-state index in [0.29, 0.717) is 0 Å². The Hall–Kier alpha value is -0.840. The summed E-state index contributed by atoms with van der Waals surface area (Å²) in [5.41, 5.74) is -0.795. The molecule has 0 spiro atoms. The number of nitrogens with zero attached hydrogens (tertiary/aromatic N) is 1. The molecule has 1 nitrogen and oxygen atoms in total. The highest BCUT2D eigenvalue weighted by Crippen LogP contribution is 2.37. The predicted octanol–water partition coefficient (Wildman–Crippen LogP) is 3.31. The molecule has 0 amide bonds. The Morgan fingerprint density at radius 3 is 2.46 bits per heavy atom. The molecule has 1 rings (SSSR count). The van der Waals surface area contributed by atoms with Crippen molar-refractivity contribution in [3.8, 4) is 0 Å². The fourth-order valence-corrected chi connectivity index (χ4v) is 0.957. The van der Waals surface area contributed by atoms with E-state index in [1.54, 1.807) is 0 Å². The largest absolute Gasteiger partial charge is 0.425 e. The van der Waals surface area contributed by atoms with Gasteiger partial charge in [0.2, 0.25) is 6.17 Å². The van der Waals surface area contributed by atoms with E-state index in [9.17, 15) is 17.6 Å². The van der Waals surface area contributed by atoms with E-state index in [1.807, 2.05) is 0 Å². The van der Waals surface area contributed by atoms with E-state index in [2.05, 4.69) is 4.98 Å². The highest BCUT2D eigenvalue weighted by molar-refractivity contribution is 6.31. The number of alkyl halides is 4. The number of pyridine rings is 1. The molecule has 0 saturated heterocycles. The van der Waals surface area contributed by atoms with Crippen LogP contribution in [0.2, 0.25) is 5.02 Å². The Labute approximate surface area is 76.3 Å². The summed E-state index contributed by atoms with van der Waals surface area (Å²) in [4.78, 5) is 3.22. The Kier molecular flexibility index (Phi) is 2.75. The summed E-state index contributed by atoms with van der Waals surface area (Å²) in [5, 5.41) is -0.327. The Bertz CT molecular complexity index is 299. The predicted molar refractivity (Wildman–Crippen MR) is 39.2 cm³/mol. The minimum Gasteiger partial charge on any atom is -0.256 e. The van der Waals surface area contributed by atoms with Crippen molar-refractivity contribution in [2.75, 3.05) is 0 Å². The lowest BCUT2D eigenvalue weighted by molar-refractivity contribution is -0.183. The van der Waals surface area contributed by atoms with E-state index in [4.69, 9.17) is 11.6 Å². The lowest BCUT2D eigenvalue weighted by Gasteiger charge is -2.12. The van der Waals surface area contributed by atoms with Crippen LogP contribution >= 0.6 is 11.6 Å². The Morgan fingerprint density at radius 2 is 2.00 bits per heavy atom. The van der Waals surface area contributed by atoms with Gasteiger partial charge in [0.1, 0.15) is 5.69 Å². The number of aromatic nitrogens is 1. The zero-order valence-electron chi connectivity index (χ0n) is 6.15. The second-order valence-electron chi connectivity index (χ2n) is 2.27. The highest BCUT2D eigenvalue weighted by atomic mass is 35.5. The van der Waals surface area contributed by atoms with E-state index in [0.717, 1.165) is 12.3 Å². The molecule has 1 unspecified atom stereocenters. The summed E-state index contributed by atoms with van der Waals surface area (Å²) in [6.07, 6.45) is -7.03. The van der Waals surface area contributed by atoms with Crippen molar-refractivity contribution >= 4 is 11.6 Å². The topological polar surface area (TPSA) is 12.9 Å². The van der Waals surface area contributed by atoms with Crippen LogP contribution in [0.5, 0.6) is 0 Å². The van der Waals surface area contributed by atoms with Gasteiger partial charge in [-0.1, -0.05) is 11.6 Å². The first-order valence-electron chi connectivity index (χ1n) is 3.24. The summed E-state index contributed by atoms with van der Waals surface area (Å²) in [5.74, 6) is 0. The molecule has 1 heterocycles. The van der Waals surface area contributed by atoms with Gasteiger partial charge in [-0.2, -0.15) is 13.2 Å². The summed E-state index contributed by atoms with van der Waals surface area (Å²) >= 11 is 5.32. The average Bonchev–Trinajstić information content (AvgIpc) is 2.02. The number of hydrogen-bond donors (Lipinski definition) is 0. The maximum Gasteiger partial charge on any atom is 0.425 e. The normalized spacial score (nSPS) is 14.2. The Morgan fingerprint density at radius 1 is 1.38 bits per heavy atom. The van der Waals surface area contributed by atoms with Crippen molar-refractivity contribution in [3.05, 3.63) is 29.0 Å². The molecule has 1 aromatic rings. The van der Waals surface area contributed by atoms with Gasteiger partial charge in [-0.15, -0.1) is 0 Å². The quantitative estimate of drug-likeness (QED) is 0.652. The fraction of sp³-hybridized carbons (Fsp3) is 0.286. The minimum absolute atomic E-state index is 0.327. The third-order valence-electron chi connectivity index (χ3n) is 1.31. The van der Waals surface area contributed by atoms with Gasteiger partial charge >= 0.3 is 6.18 Å². The first-order valence-corrected chi connectivity index (χ1v) is 3.62. The fourth-order valence-electron chi connectivity index (χ4n) is 0.739. The molecule has 0 aromatic carbocycles. The van der Waals surface area contributed by atoms with Crippen molar-refractivity contribution in [2.45, 2.75) is 12.3 Å². The molecule has 0 saturated carbocycles. The summed E-state index contributed by atoms with van der Waals surface area (Å²) in [6, 6.07) is 2.48. The third kappa shape index (κ3) is 2.30. The lowest BCUT2D eigenvalue weighted by atomic mass is 10.2. The van der Waals surface area contributed by atoms with Crippen LogP contribution in [-0.2, 0) is 0 Å². The van der Waals surface area contributed by atoms with Gasteiger partial charge < -0.3 is 0 Å². The molecule has 0 aliphatic rings. The van der Waals surface area contributed by atoms with Crippen LogP contribution in [-0.4, -0.2) is 11.2 Å². The number of halogens is 5. The smallest absolute Gasteiger partial charge is 0.256 e. The van der Waals surface area contributed by atoms with Crippen LogP contribution in [0.3, 0.4) is 0 Å². The molecule has 6 heteroatoms. The van der Waals surface area contributed by atoms with E-state index in [1.165, 1.54) is 6.07 Å². The van der Waals surface area contributed by atoms with Crippen LogP contribution in [0.15, 0.2) is 18.3 Å². The SMILES string of the molecule is FC(c1ncccc1Cl)C(F)(F)F. The second kappa shape index (κ2) is 3.49. The number of hydrogen-bond acceptors (Lipinski definition) is 1.